The predicted octanol–water partition coefficient (Wildman–Crippen LogP) is 2.22. The van der Waals surface area contributed by atoms with Crippen molar-refractivity contribution in [3.63, 3.8) is 0 Å². The number of rotatable bonds is 9. The van der Waals surface area contributed by atoms with Crippen molar-refractivity contribution >= 4 is 51.6 Å². The monoisotopic (exact) mass is 553 g/mol. The number of hydrogen-bond donors (Lipinski definition) is 2. The molecule has 2 rings (SSSR count). The van der Waals surface area contributed by atoms with Gasteiger partial charge in [0, 0.05) is 44.6 Å². The number of pyridine rings is 1. The minimum atomic E-state index is -3.57. The SMILES string of the molecule is CN=C(NCCNS(=O)(=O)c1cccnc1)N(C)CCOc1ccc(Cl)cc1.I. The number of aliphatic imine (C=N–C) groups is 1. The van der Waals surface area contributed by atoms with E-state index in [0.29, 0.717) is 30.7 Å². The average molecular weight is 554 g/mol. The molecule has 29 heavy (non-hydrogen) atoms. The highest BCUT2D eigenvalue weighted by Gasteiger charge is 2.13. The van der Waals surface area contributed by atoms with Gasteiger partial charge in [-0.25, -0.2) is 13.1 Å². The number of hydrogen-bond acceptors (Lipinski definition) is 5. The summed E-state index contributed by atoms with van der Waals surface area (Å²) in [5, 5.41) is 3.77. The van der Waals surface area contributed by atoms with Gasteiger partial charge in [-0.1, -0.05) is 11.6 Å². The molecule has 0 aliphatic heterocycles. The van der Waals surface area contributed by atoms with Crippen molar-refractivity contribution < 1.29 is 13.2 Å². The third kappa shape index (κ3) is 8.72. The van der Waals surface area contributed by atoms with E-state index in [1.165, 1.54) is 18.5 Å². The Kier molecular flexibility index (Phi) is 11.2. The zero-order chi connectivity index (χ0) is 20.4. The van der Waals surface area contributed by atoms with Crippen LogP contribution in [0, 0.1) is 0 Å². The molecule has 0 radical (unpaired) electrons. The van der Waals surface area contributed by atoms with Crippen molar-refractivity contribution in [3.05, 3.63) is 53.8 Å². The summed E-state index contributed by atoms with van der Waals surface area (Å²) in [6, 6.07) is 10.2. The van der Waals surface area contributed by atoms with E-state index in [0.717, 1.165) is 5.75 Å². The van der Waals surface area contributed by atoms with Crippen LogP contribution in [-0.2, 0) is 10.0 Å². The first-order valence-electron chi connectivity index (χ1n) is 8.62. The number of nitrogens with one attached hydrogen (secondary N) is 2. The van der Waals surface area contributed by atoms with E-state index in [4.69, 9.17) is 16.3 Å². The molecule has 0 fully saturated rings. The fourth-order valence-corrected chi connectivity index (χ4v) is 3.39. The van der Waals surface area contributed by atoms with Crippen LogP contribution in [0.4, 0.5) is 0 Å². The third-order valence-electron chi connectivity index (χ3n) is 3.73. The first-order chi connectivity index (χ1) is 13.4. The maximum Gasteiger partial charge on any atom is 0.242 e. The van der Waals surface area contributed by atoms with Gasteiger partial charge in [0.2, 0.25) is 10.0 Å². The second kappa shape index (κ2) is 12.8. The van der Waals surface area contributed by atoms with Crippen molar-refractivity contribution in [2.75, 3.05) is 40.3 Å². The van der Waals surface area contributed by atoms with E-state index in [1.807, 2.05) is 24.1 Å². The van der Waals surface area contributed by atoms with Crippen LogP contribution in [0.25, 0.3) is 0 Å². The summed E-state index contributed by atoms with van der Waals surface area (Å²) in [5.74, 6) is 1.38. The highest BCUT2D eigenvalue weighted by molar-refractivity contribution is 14.0. The first-order valence-corrected chi connectivity index (χ1v) is 10.5. The molecular formula is C18H25ClIN5O3S. The van der Waals surface area contributed by atoms with Crippen LogP contribution in [0.2, 0.25) is 5.02 Å². The average Bonchev–Trinajstić information content (AvgIpc) is 2.70. The lowest BCUT2D eigenvalue weighted by molar-refractivity contribution is 0.281. The zero-order valence-electron chi connectivity index (χ0n) is 16.2. The van der Waals surface area contributed by atoms with Crippen molar-refractivity contribution in [2.45, 2.75) is 4.90 Å². The van der Waals surface area contributed by atoms with Crippen molar-refractivity contribution in [2.24, 2.45) is 4.99 Å². The summed E-state index contributed by atoms with van der Waals surface area (Å²) in [5.41, 5.74) is 0. The molecule has 160 valence electrons. The van der Waals surface area contributed by atoms with Gasteiger partial charge in [-0.2, -0.15) is 0 Å². The molecule has 2 aromatic rings. The van der Waals surface area contributed by atoms with Gasteiger partial charge < -0.3 is 15.0 Å². The minimum Gasteiger partial charge on any atom is -0.492 e. The summed E-state index contributed by atoms with van der Waals surface area (Å²) in [7, 11) is -0.0277. The molecule has 0 saturated carbocycles. The summed E-state index contributed by atoms with van der Waals surface area (Å²) in [6.07, 6.45) is 2.83. The molecule has 0 unspecified atom stereocenters. The minimum absolute atomic E-state index is 0. The Morgan fingerprint density at radius 2 is 1.97 bits per heavy atom. The molecule has 1 heterocycles. The standard InChI is InChI=1S/C18H24ClN5O3S.HI/c1-20-18(24(2)12-13-27-16-7-5-15(19)6-8-16)22-10-11-23-28(25,26)17-4-3-9-21-14-17;/h3-9,14,23H,10-13H2,1-2H3,(H,20,22);1H. The highest BCUT2D eigenvalue weighted by atomic mass is 127. The quantitative estimate of drug-likeness (QED) is 0.214. The normalized spacial score (nSPS) is 11.5. The molecule has 0 atom stereocenters. The number of aromatic nitrogens is 1. The van der Waals surface area contributed by atoms with Crippen LogP contribution in [0.15, 0.2) is 58.7 Å². The van der Waals surface area contributed by atoms with Crippen molar-refractivity contribution in [1.82, 2.24) is 19.9 Å². The van der Waals surface area contributed by atoms with Gasteiger partial charge >= 0.3 is 0 Å². The van der Waals surface area contributed by atoms with Gasteiger partial charge in [0.25, 0.3) is 0 Å². The Morgan fingerprint density at radius 1 is 1.24 bits per heavy atom. The molecule has 0 aliphatic carbocycles. The molecule has 2 N–H and O–H groups in total. The summed E-state index contributed by atoms with van der Waals surface area (Å²) >= 11 is 5.85. The summed E-state index contributed by atoms with van der Waals surface area (Å²) in [4.78, 5) is 10.0. The zero-order valence-corrected chi connectivity index (χ0v) is 20.1. The van der Waals surface area contributed by atoms with Crippen LogP contribution >= 0.6 is 35.6 Å². The summed E-state index contributed by atoms with van der Waals surface area (Å²) < 4.78 is 32.5. The molecule has 1 aromatic carbocycles. The van der Waals surface area contributed by atoms with Crippen LogP contribution < -0.4 is 14.8 Å². The fourth-order valence-electron chi connectivity index (χ4n) is 2.27. The van der Waals surface area contributed by atoms with E-state index in [2.05, 4.69) is 20.0 Å². The van der Waals surface area contributed by atoms with Gasteiger partial charge in [0.05, 0.1) is 6.54 Å². The van der Waals surface area contributed by atoms with Gasteiger partial charge in [0.15, 0.2) is 5.96 Å². The molecule has 11 heteroatoms. The molecule has 0 spiro atoms. The molecular weight excluding hydrogens is 529 g/mol. The van der Waals surface area contributed by atoms with E-state index < -0.39 is 10.0 Å². The van der Waals surface area contributed by atoms with Gasteiger partial charge in [-0.15, -0.1) is 24.0 Å². The Bertz CT molecular complexity index is 867. The van der Waals surface area contributed by atoms with E-state index in [1.54, 1.807) is 25.2 Å². The molecule has 0 saturated heterocycles. The second-order valence-corrected chi connectivity index (χ2v) is 7.99. The predicted molar refractivity (Wildman–Crippen MR) is 126 cm³/mol. The van der Waals surface area contributed by atoms with Crippen molar-refractivity contribution in [1.29, 1.82) is 0 Å². The molecule has 0 aliphatic rings. The van der Waals surface area contributed by atoms with Gasteiger partial charge in [0.1, 0.15) is 17.3 Å². The lowest BCUT2D eigenvalue weighted by Gasteiger charge is -2.22. The van der Waals surface area contributed by atoms with E-state index in [9.17, 15) is 8.42 Å². The Labute approximate surface area is 193 Å². The lowest BCUT2D eigenvalue weighted by Crippen LogP contribution is -2.43. The largest absolute Gasteiger partial charge is 0.492 e. The number of halogens is 2. The van der Waals surface area contributed by atoms with Crippen LogP contribution in [0.5, 0.6) is 5.75 Å². The van der Waals surface area contributed by atoms with Gasteiger partial charge in [-0.3, -0.25) is 9.98 Å². The highest BCUT2D eigenvalue weighted by Crippen LogP contribution is 2.15. The first kappa shape index (κ1) is 25.4. The number of benzene rings is 1. The number of sulfonamides is 1. The van der Waals surface area contributed by atoms with E-state index in [-0.39, 0.29) is 35.4 Å². The van der Waals surface area contributed by atoms with E-state index >= 15 is 0 Å². The van der Waals surface area contributed by atoms with Crippen LogP contribution in [-0.4, -0.2) is 64.6 Å². The Balaban J connectivity index is 0.00000420. The number of likely N-dealkylation sites (N-methyl/N-ethyl adjacent to an activating group) is 1. The van der Waals surface area contributed by atoms with Crippen LogP contribution in [0.3, 0.4) is 0 Å². The van der Waals surface area contributed by atoms with Gasteiger partial charge in [-0.05, 0) is 36.4 Å². The molecule has 0 amide bonds. The van der Waals surface area contributed by atoms with Crippen LogP contribution in [0.1, 0.15) is 0 Å². The lowest BCUT2D eigenvalue weighted by atomic mass is 10.3. The molecule has 8 nitrogen and oxygen atoms in total. The topological polar surface area (TPSA) is 95.9 Å². The maximum absolute atomic E-state index is 12.1. The number of ether oxygens (including phenoxy) is 1. The molecule has 0 bridgehead atoms. The third-order valence-corrected chi connectivity index (χ3v) is 5.43. The molecule has 1 aromatic heterocycles. The fraction of sp³-hybridized carbons (Fsp3) is 0.333. The Hall–Kier alpha value is -1.63. The number of nitrogens with zero attached hydrogens (tertiary/aromatic N) is 3. The maximum atomic E-state index is 12.1. The number of guanidine groups is 1. The Morgan fingerprint density at radius 3 is 2.59 bits per heavy atom. The van der Waals surface area contributed by atoms with Crippen molar-refractivity contribution in [3.8, 4) is 5.75 Å². The second-order valence-electron chi connectivity index (χ2n) is 5.78. The smallest absolute Gasteiger partial charge is 0.242 e. The summed E-state index contributed by atoms with van der Waals surface area (Å²) in [6.45, 7) is 1.66.